The summed E-state index contributed by atoms with van der Waals surface area (Å²) < 4.78 is 0. The first kappa shape index (κ1) is 11.2. The Hall–Kier alpha value is -1.25. The summed E-state index contributed by atoms with van der Waals surface area (Å²) in [6, 6.07) is 11.4. The van der Waals surface area contributed by atoms with Crippen LogP contribution in [0, 0.1) is 0 Å². The van der Waals surface area contributed by atoms with Gasteiger partial charge in [0.15, 0.2) is 0 Å². The second-order valence-electron chi connectivity index (χ2n) is 3.35. The summed E-state index contributed by atoms with van der Waals surface area (Å²) in [6.45, 7) is 0.734. The predicted molar refractivity (Wildman–Crippen MR) is 68.0 cm³/mol. The van der Waals surface area contributed by atoms with E-state index in [9.17, 15) is 0 Å². The summed E-state index contributed by atoms with van der Waals surface area (Å²) in [4.78, 5) is 3.91. The van der Waals surface area contributed by atoms with Gasteiger partial charge in [0.2, 0.25) is 0 Å². The second-order valence-corrected chi connectivity index (χ2v) is 4.17. The van der Waals surface area contributed by atoms with E-state index >= 15 is 0 Å². The third-order valence-corrected chi connectivity index (χ3v) is 2.60. The van der Waals surface area contributed by atoms with Crippen molar-refractivity contribution in [2.24, 2.45) is 0 Å². The van der Waals surface area contributed by atoms with E-state index in [4.69, 9.17) is 23.2 Å². The molecule has 1 N–H and O–H groups in total. The molecule has 0 atom stereocenters. The van der Waals surface area contributed by atoms with Gasteiger partial charge in [0.05, 0.1) is 0 Å². The van der Waals surface area contributed by atoms with E-state index in [0.29, 0.717) is 5.15 Å². The van der Waals surface area contributed by atoms with Crippen molar-refractivity contribution in [3.05, 3.63) is 58.3 Å². The average molecular weight is 253 g/mol. The molecule has 0 amide bonds. The zero-order valence-electron chi connectivity index (χ0n) is 8.45. The van der Waals surface area contributed by atoms with Crippen molar-refractivity contribution in [2.75, 3.05) is 5.32 Å². The van der Waals surface area contributed by atoms with Crippen LogP contribution in [0.15, 0.2) is 42.6 Å². The standard InChI is InChI=1S/C12H10Cl2N2/c13-10-3-1-9(2-4-10)8-16-11-5-6-15-12(14)7-11/h1-7H,8H2,(H,15,16). The predicted octanol–water partition coefficient (Wildman–Crippen LogP) is 4.00. The summed E-state index contributed by atoms with van der Waals surface area (Å²) in [7, 11) is 0. The third-order valence-electron chi connectivity index (χ3n) is 2.14. The molecule has 16 heavy (non-hydrogen) atoms. The van der Waals surface area contributed by atoms with Crippen LogP contribution in [0.2, 0.25) is 10.2 Å². The first-order chi connectivity index (χ1) is 7.74. The van der Waals surface area contributed by atoms with Crippen LogP contribution in [-0.2, 0) is 6.54 Å². The summed E-state index contributed by atoms with van der Waals surface area (Å²) >= 11 is 11.6. The monoisotopic (exact) mass is 252 g/mol. The zero-order valence-corrected chi connectivity index (χ0v) is 9.96. The Bertz CT molecular complexity index is 469. The molecule has 0 aliphatic rings. The van der Waals surface area contributed by atoms with Crippen molar-refractivity contribution in [3.8, 4) is 0 Å². The van der Waals surface area contributed by atoms with Crippen molar-refractivity contribution in [1.29, 1.82) is 0 Å². The van der Waals surface area contributed by atoms with Crippen molar-refractivity contribution in [1.82, 2.24) is 4.98 Å². The number of rotatable bonds is 3. The van der Waals surface area contributed by atoms with Gasteiger partial charge in [-0.25, -0.2) is 4.98 Å². The zero-order chi connectivity index (χ0) is 11.4. The SMILES string of the molecule is Clc1ccc(CNc2ccnc(Cl)c2)cc1. The molecular weight excluding hydrogens is 243 g/mol. The van der Waals surface area contributed by atoms with Crippen LogP contribution in [0.1, 0.15) is 5.56 Å². The maximum Gasteiger partial charge on any atom is 0.131 e. The maximum absolute atomic E-state index is 5.80. The van der Waals surface area contributed by atoms with E-state index in [1.165, 1.54) is 0 Å². The van der Waals surface area contributed by atoms with Crippen molar-refractivity contribution >= 4 is 28.9 Å². The Balaban J connectivity index is 1.99. The molecule has 2 rings (SSSR count). The van der Waals surface area contributed by atoms with Gasteiger partial charge in [-0.1, -0.05) is 35.3 Å². The summed E-state index contributed by atoms with van der Waals surface area (Å²) in [5, 5.41) is 4.49. The molecule has 0 unspecified atom stereocenters. The van der Waals surface area contributed by atoms with Gasteiger partial charge in [0, 0.05) is 23.5 Å². The van der Waals surface area contributed by atoms with Crippen LogP contribution >= 0.6 is 23.2 Å². The molecule has 0 radical (unpaired) electrons. The van der Waals surface area contributed by atoms with Gasteiger partial charge in [-0.3, -0.25) is 0 Å². The number of nitrogens with one attached hydrogen (secondary N) is 1. The van der Waals surface area contributed by atoms with Gasteiger partial charge in [0.25, 0.3) is 0 Å². The van der Waals surface area contributed by atoms with Crippen molar-refractivity contribution in [3.63, 3.8) is 0 Å². The lowest BCUT2D eigenvalue weighted by atomic mass is 10.2. The average Bonchev–Trinajstić information content (AvgIpc) is 2.28. The summed E-state index contributed by atoms with van der Waals surface area (Å²) in [5.41, 5.74) is 2.12. The molecule has 0 aliphatic carbocycles. The molecule has 0 bridgehead atoms. The molecule has 0 saturated heterocycles. The number of pyridine rings is 1. The molecular formula is C12H10Cl2N2. The minimum absolute atomic E-state index is 0.487. The quantitative estimate of drug-likeness (QED) is 0.836. The maximum atomic E-state index is 5.80. The van der Waals surface area contributed by atoms with Gasteiger partial charge >= 0.3 is 0 Å². The first-order valence-corrected chi connectivity index (χ1v) is 5.59. The lowest BCUT2D eigenvalue weighted by molar-refractivity contribution is 1.14. The summed E-state index contributed by atoms with van der Waals surface area (Å²) in [5.74, 6) is 0. The Kier molecular flexibility index (Phi) is 3.65. The lowest BCUT2D eigenvalue weighted by Gasteiger charge is -2.06. The highest BCUT2D eigenvalue weighted by Gasteiger charge is 1.95. The van der Waals surface area contributed by atoms with Gasteiger partial charge in [-0.15, -0.1) is 0 Å². The van der Waals surface area contributed by atoms with E-state index in [-0.39, 0.29) is 0 Å². The number of halogens is 2. The van der Waals surface area contributed by atoms with Gasteiger partial charge in [-0.2, -0.15) is 0 Å². The van der Waals surface area contributed by atoms with Crippen LogP contribution in [0.25, 0.3) is 0 Å². The second kappa shape index (κ2) is 5.19. The van der Waals surface area contributed by atoms with E-state index in [1.807, 2.05) is 30.3 Å². The molecule has 1 heterocycles. The first-order valence-electron chi connectivity index (χ1n) is 4.84. The van der Waals surface area contributed by atoms with E-state index in [2.05, 4.69) is 10.3 Å². The third kappa shape index (κ3) is 3.12. The molecule has 82 valence electrons. The number of hydrogen-bond acceptors (Lipinski definition) is 2. The van der Waals surface area contributed by atoms with Gasteiger partial charge < -0.3 is 5.32 Å². The number of hydrogen-bond donors (Lipinski definition) is 1. The molecule has 2 aromatic rings. The molecule has 0 fully saturated rings. The number of anilines is 1. The molecule has 4 heteroatoms. The van der Waals surface area contributed by atoms with E-state index in [1.54, 1.807) is 12.3 Å². The molecule has 1 aromatic carbocycles. The van der Waals surface area contributed by atoms with Gasteiger partial charge in [0.1, 0.15) is 5.15 Å². The Morgan fingerprint density at radius 3 is 2.50 bits per heavy atom. The molecule has 2 nitrogen and oxygen atoms in total. The molecule has 0 saturated carbocycles. The van der Waals surface area contributed by atoms with Crippen molar-refractivity contribution in [2.45, 2.75) is 6.54 Å². The fraction of sp³-hybridized carbons (Fsp3) is 0.0833. The van der Waals surface area contributed by atoms with Crippen LogP contribution in [0.5, 0.6) is 0 Å². The lowest BCUT2D eigenvalue weighted by Crippen LogP contribution is -1.99. The summed E-state index contributed by atoms with van der Waals surface area (Å²) in [6.07, 6.45) is 1.67. The smallest absolute Gasteiger partial charge is 0.131 e. The Morgan fingerprint density at radius 2 is 1.81 bits per heavy atom. The number of nitrogens with zero attached hydrogens (tertiary/aromatic N) is 1. The fourth-order valence-corrected chi connectivity index (χ4v) is 1.62. The van der Waals surface area contributed by atoms with Gasteiger partial charge in [-0.05, 0) is 29.8 Å². The number of benzene rings is 1. The van der Waals surface area contributed by atoms with E-state index in [0.717, 1.165) is 22.8 Å². The highest BCUT2D eigenvalue weighted by Crippen LogP contribution is 2.14. The highest BCUT2D eigenvalue weighted by molar-refractivity contribution is 6.30. The molecule has 1 aromatic heterocycles. The Labute approximate surface area is 104 Å². The van der Waals surface area contributed by atoms with Crippen LogP contribution in [0.4, 0.5) is 5.69 Å². The topological polar surface area (TPSA) is 24.9 Å². The van der Waals surface area contributed by atoms with Crippen molar-refractivity contribution < 1.29 is 0 Å². The highest BCUT2D eigenvalue weighted by atomic mass is 35.5. The minimum atomic E-state index is 0.487. The van der Waals surface area contributed by atoms with Crippen LogP contribution in [-0.4, -0.2) is 4.98 Å². The molecule has 0 spiro atoms. The number of aromatic nitrogens is 1. The fourth-order valence-electron chi connectivity index (χ4n) is 1.32. The van der Waals surface area contributed by atoms with E-state index < -0.39 is 0 Å². The largest absolute Gasteiger partial charge is 0.381 e. The molecule has 0 aliphatic heterocycles. The Morgan fingerprint density at radius 1 is 1.06 bits per heavy atom. The van der Waals surface area contributed by atoms with Crippen LogP contribution < -0.4 is 5.32 Å². The van der Waals surface area contributed by atoms with Crippen LogP contribution in [0.3, 0.4) is 0 Å². The minimum Gasteiger partial charge on any atom is -0.381 e. The normalized spacial score (nSPS) is 10.1.